The Balaban J connectivity index is 0.000000135. The number of benzene rings is 12. The molecule has 0 saturated carbocycles. The number of carboxylic acids is 2. The number of nitrogens with one attached hydrogen (secondary N) is 1. The number of amides is 1. The summed E-state index contributed by atoms with van der Waals surface area (Å²) in [5.74, 6) is -1.54. The topological polar surface area (TPSA) is 367 Å². The van der Waals surface area contributed by atoms with Crippen LogP contribution in [0.25, 0.3) is 104 Å². The second kappa shape index (κ2) is 43.0. The first-order valence-electron chi connectivity index (χ1n) is 46.7. The Morgan fingerprint density at radius 3 is 0.899 bits per heavy atom. The zero-order chi connectivity index (χ0) is 105. The molecule has 7 N–H and O–H groups in total. The van der Waals surface area contributed by atoms with E-state index in [0.29, 0.717) is 121 Å². The smallest absolute Gasteiger partial charge is 0.412 e. The van der Waals surface area contributed by atoms with Gasteiger partial charge in [-0.3, -0.25) is 42.1 Å². The van der Waals surface area contributed by atoms with E-state index in [-0.39, 0.29) is 45.1 Å². The maximum absolute atomic E-state index is 13.8. The molecule has 0 atom stereocenters. The van der Waals surface area contributed by atoms with Crippen LogP contribution in [-0.2, 0) is 44.6 Å². The highest BCUT2D eigenvalue weighted by Crippen LogP contribution is 2.46. The van der Waals surface area contributed by atoms with Crippen LogP contribution in [0.15, 0.2) is 286 Å². The molecule has 12 aromatic carbocycles. The molecule has 148 heavy (non-hydrogen) atoms. The van der Waals surface area contributed by atoms with E-state index in [9.17, 15) is 58.2 Å². The van der Waals surface area contributed by atoms with Crippen molar-refractivity contribution >= 4 is 161 Å². The average Bonchev–Trinajstić information content (AvgIpc) is 1.65. The largest absolute Gasteiger partial charge is 0.496 e. The van der Waals surface area contributed by atoms with E-state index in [1.54, 1.807) is 73.5 Å². The zero-order valence-electron chi connectivity index (χ0n) is 83.1. The van der Waals surface area contributed by atoms with Gasteiger partial charge in [0.05, 0.1) is 91.9 Å². The number of thiazole rings is 4. The molecule has 748 valence electrons. The van der Waals surface area contributed by atoms with E-state index in [0.717, 1.165) is 120 Å². The van der Waals surface area contributed by atoms with Crippen molar-refractivity contribution < 1.29 is 76.9 Å². The number of nitrogens with zero attached hydrogens (tertiary/aromatic N) is 4. The van der Waals surface area contributed by atoms with Crippen molar-refractivity contribution in [2.24, 2.45) is 0 Å². The number of methoxy groups -OCH3 is 7. The molecule has 8 aromatic heterocycles. The van der Waals surface area contributed by atoms with Gasteiger partial charge in [-0.25, -0.2) is 28.8 Å². The van der Waals surface area contributed by atoms with E-state index in [1.807, 2.05) is 228 Å². The molecule has 0 spiro atoms. The molecule has 1 amide bonds. The van der Waals surface area contributed by atoms with Crippen LogP contribution in [0, 0.1) is 27.7 Å². The SMILES string of the molecule is COC(=O)c1c(-c2ccc(OC)c(C)c2)sc2c(C(=O)O)c(Cc3cccc4ccccc34)cc(=O)n12.COC(=O)c1c(-c2ccc(OC)c(C)c2)sc2c(N)c(Cc3cccc4ccccc34)cc(=O)n12.COC(=O)c1c(-c2ccc(OC)c(C)c2)sc2c(NC(=O)OC(C)(C)C)c(Cc3cccc4ccccc34)cc(=O)n12.COc1ccc(-c2sc3c(N)c(Cc4cccc5ccccc45)cc(=O)n3c2C(=O)O)cc1C. The van der Waals surface area contributed by atoms with E-state index in [4.69, 9.17) is 49.4 Å². The Bertz CT molecular complexity index is 9020. The minimum Gasteiger partial charge on any atom is -0.496 e. The van der Waals surface area contributed by atoms with Crippen LogP contribution < -0.4 is 58.0 Å². The van der Waals surface area contributed by atoms with Gasteiger partial charge in [-0.1, -0.05) is 170 Å². The lowest BCUT2D eigenvalue weighted by atomic mass is 9.96. The molecule has 0 aliphatic heterocycles. The van der Waals surface area contributed by atoms with Gasteiger partial charge in [0.25, 0.3) is 22.2 Å². The van der Waals surface area contributed by atoms with Crippen LogP contribution in [0.5, 0.6) is 23.0 Å². The number of rotatable bonds is 22. The minimum absolute atomic E-state index is 0.00345. The number of hydrogen-bond donors (Lipinski definition) is 5. The fourth-order valence-electron chi connectivity index (χ4n) is 18.6. The third kappa shape index (κ3) is 20.3. The lowest BCUT2D eigenvalue weighted by Crippen LogP contribution is -2.28. The number of carboxylic acid groups (broad SMARTS) is 2. The van der Waals surface area contributed by atoms with Gasteiger partial charge in [-0.2, -0.15) is 0 Å². The van der Waals surface area contributed by atoms with Crippen LogP contribution >= 0.6 is 45.3 Å². The van der Waals surface area contributed by atoms with Crippen LogP contribution in [0.4, 0.5) is 21.9 Å². The monoisotopic (exact) mass is 2050 g/mol. The third-order valence-corrected chi connectivity index (χ3v) is 30.4. The summed E-state index contributed by atoms with van der Waals surface area (Å²) in [6.45, 7) is 12.9. The number of aryl methyl sites for hydroxylation is 4. The first-order chi connectivity index (χ1) is 71.1. The molecule has 0 aliphatic carbocycles. The molecule has 20 rings (SSSR count). The summed E-state index contributed by atoms with van der Waals surface area (Å²) < 4.78 is 47.3. The number of carbonyl (C=O) groups excluding carboxylic acids is 4. The summed E-state index contributed by atoms with van der Waals surface area (Å²) in [5, 5.41) is 31.7. The highest BCUT2D eigenvalue weighted by atomic mass is 32.1. The number of aromatic nitrogens is 4. The summed E-state index contributed by atoms with van der Waals surface area (Å²) in [7, 11) is 10.2. The van der Waals surface area contributed by atoms with Crippen molar-refractivity contribution in [3.63, 3.8) is 0 Å². The molecule has 20 aromatic rings. The summed E-state index contributed by atoms with van der Waals surface area (Å²) in [5.41, 5.74) is 24.9. The highest BCUT2D eigenvalue weighted by Gasteiger charge is 2.34. The van der Waals surface area contributed by atoms with Crippen molar-refractivity contribution in [3.8, 4) is 64.8 Å². The first-order valence-corrected chi connectivity index (χ1v) is 50.0. The number of carbonyl (C=O) groups is 6. The van der Waals surface area contributed by atoms with Crippen molar-refractivity contribution in [1.29, 1.82) is 0 Å². The lowest BCUT2D eigenvalue weighted by molar-refractivity contribution is 0.0584. The number of nitrogens with two attached hydrogens (primary N) is 2. The van der Waals surface area contributed by atoms with Gasteiger partial charge in [0.2, 0.25) is 0 Å². The van der Waals surface area contributed by atoms with Crippen LogP contribution in [0.1, 0.15) is 140 Å². The third-order valence-electron chi connectivity index (χ3n) is 25.5. The number of fused-ring (bicyclic) bond motifs is 8. The molecular formula is C117H101N7O20S4. The van der Waals surface area contributed by atoms with Crippen LogP contribution in [-0.4, -0.2) is 119 Å². The van der Waals surface area contributed by atoms with Crippen LogP contribution in [0.3, 0.4) is 0 Å². The Kier molecular flexibility index (Phi) is 29.7. The standard InChI is InChI=1S/C33H32N2O6S.C29H23NO6S.C28H24N2O4S.C27H22N2O4S/c1-19-16-22(14-15-25(19)39-5)29-28(31(37)40-6)35-26(36)18-23(17-21-12-9-11-20-10-7-8-13-24(20)21)27(30(35)42-29)34-32(38)41-33(2,3)4;1-16-13-19(11-12-22(16)35-2)26-25(29(34)36-3)30-23(31)15-20(24(28(32)33)27(30)37-26)14-18-9-6-8-17-7-4-5-10-21(17)18;1-16-13-19(11-12-22(16)33-2)26-25(28(32)34-3)30-23(31)15-20(24(29)27(30)35-26)14-18-9-6-8-17-7-4-5-10-21(17)18;1-15-12-18(10-11-21(15)33-2)25-24(27(31)32)29-22(30)14-19(23(28)26(29)34-25)13-17-8-5-7-16-6-3-4-9-20(16)17/h7-16,18H,17H2,1-6H3,(H,34,38);4-13,15H,14H2,1-3H3,(H,32,33);4-13,15H,14,29H2,1-3H3;3-12,14H,13,28H2,1-2H3,(H,31,32). The number of hydrogen-bond acceptors (Lipinski definition) is 24. The molecule has 0 aliphatic rings. The van der Waals surface area contributed by atoms with Gasteiger partial charge in [0.1, 0.15) is 47.9 Å². The Labute approximate surface area is 863 Å². The minimum atomic E-state index is -1.18. The predicted molar refractivity (Wildman–Crippen MR) is 587 cm³/mol. The molecule has 0 unspecified atom stereocenters. The van der Waals surface area contributed by atoms with Crippen molar-refractivity contribution in [2.75, 3.05) is 66.6 Å². The summed E-state index contributed by atoms with van der Waals surface area (Å²) in [6, 6.07) is 83.7. The number of pyridine rings is 4. The predicted octanol–water partition coefficient (Wildman–Crippen LogP) is 23.6. The van der Waals surface area contributed by atoms with Crippen molar-refractivity contribution in [2.45, 2.75) is 79.8 Å². The summed E-state index contributed by atoms with van der Waals surface area (Å²) >= 11 is 4.83. The van der Waals surface area contributed by atoms with Gasteiger partial charge in [-0.05, 0) is 260 Å². The van der Waals surface area contributed by atoms with E-state index >= 15 is 0 Å². The zero-order valence-corrected chi connectivity index (χ0v) is 86.3. The van der Waals surface area contributed by atoms with Gasteiger partial charge < -0.3 is 59.6 Å². The number of esters is 3. The van der Waals surface area contributed by atoms with Gasteiger partial charge >= 0.3 is 35.9 Å². The summed E-state index contributed by atoms with van der Waals surface area (Å²) in [4.78, 5) is 134. The number of anilines is 3. The Morgan fingerprint density at radius 2 is 0.588 bits per heavy atom. The maximum Gasteiger partial charge on any atom is 0.412 e. The van der Waals surface area contributed by atoms with Gasteiger partial charge in [-0.15, -0.1) is 45.3 Å². The van der Waals surface area contributed by atoms with Crippen molar-refractivity contribution in [3.05, 3.63) is 403 Å². The number of aromatic carboxylic acids is 2. The van der Waals surface area contributed by atoms with E-state index in [2.05, 4.69) is 23.5 Å². The van der Waals surface area contributed by atoms with Gasteiger partial charge in [0, 0.05) is 43.5 Å². The molecule has 27 nitrogen and oxygen atoms in total. The fraction of sp³-hybridized carbons (Fsp3) is 0.162. The molecule has 0 fully saturated rings. The van der Waals surface area contributed by atoms with E-state index in [1.165, 1.54) is 92.8 Å². The quantitative estimate of drug-likeness (QED) is 0.0311. The highest BCUT2D eigenvalue weighted by molar-refractivity contribution is 7.23. The molecular weight excluding hydrogens is 1950 g/mol. The average molecular weight is 2050 g/mol. The Hall–Kier alpha value is -17.3. The number of nitrogen functional groups attached to an aromatic ring is 2. The maximum atomic E-state index is 13.8. The molecule has 8 heterocycles. The van der Waals surface area contributed by atoms with Gasteiger partial charge in [0.15, 0.2) is 22.8 Å². The molecule has 0 bridgehead atoms. The molecule has 31 heteroatoms. The van der Waals surface area contributed by atoms with E-state index < -0.39 is 58.2 Å². The number of ether oxygens (including phenoxy) is 8. The first kappa shape index (κ1) is 102. The lowest BCUT2D eigenvalue weighted by Gasteiger charge is -2.21. The van der Waals surface area contributed by atoms with Crippen molar-refractivity contribution in [1.82, 2.24) is 17.6 Å². The molecule has 0 saturated heterocycles. The fourth-order valence-corrected chi connectivity index (χ4v) is 23.7. The summed E-state index contributed by atoms with van der Waals surface area (Å²) in [6.07, 6.45) is 0.909. The normalized spacial score (nSPS) is 11.3. The Morgan fingerprint density at radius 1 is 0.318 bits per heavy atom. The second-order valence-corrected chi connectivity index (χ2v) is 40.0. The second-order valence-electron chi connectivity index (χ2n) is 36.0. The van der Waals surface area contributed by atoms with Crippen LogP contribution in [0.2, 0.25) is 0 Å². The molecule has 0 radical (unpaired) electrons.